The predicted octanol–water partition coefficient (Wildman–Crippen LogP) is 1.50. The van der Waals surface area contributed by atoms with E-state index in [4.69, 9.17) is 5.73 Å². The molecule has 1 aromatic rings. The van der Waals surface area contributed by atoms with Gasteiger partial charge in [-0.05, 0) is 43.0 Å². The monoisotopic (exact) mass is 325 g/mol. The third-order valence-corrected chi connectivity index (χ3v) is 6.29. The number of rotatable bonds is 5. The van der Waals surface area contributed by atoms with Crippen LogP contribution in [0.25, 0.3) is 0 Å². The van der Waals surface area contributed by atoms with Crippen molar-refractivity contribution in [2.45, 2.75) is 37.2 Å². The Morgan fingerprint density at radius 2 is 1.91 bits per heavy atom. The van der Waals surface area contributed by atoms with Crippen LogP contribution in [0.5, 0.6) is 0 Å². The van der Waals surface area contributed by atoms with Crippen LogP contribution >= 0.6 is 0 Å². The lowest BCUT2D eigenvalue weighted by molar-refractivity contribution is 0.115. The van der Waals surface area contributed by atoms with E-state index in [1.165, 1.54) is 10.7 Å². The molecule has 1 saturated heterocycles. The Morgan fingerprint density at radius 3 is 2.45 bits per heavy atom. The van der Waals surface area contributed by atoms with Gasteiger partial charge in [-0.15, -0.1) is 0 Å². The first-order valence-corrected chi connectivity index (χ1v) is 9.24. The molecular formula is C16H27N3O2S. The van der Waals surface area contributed by atoms with Crippen LogP contribution in [-0.4, -0.2) is 50.8 Å². The Kier molecular flexibility index (Phi) is 5.60. The Morgan fingerprint density at radius 1 is 1.27 bits per heavy atom. The zero-order valence-electron chi connectivity index (χ0n) is 13.7. The summed E-state index contributed by atoms with van der Waals surface area (Å²) in [6, 6.07) is 7.61. The summed E-state index contributed by atoms with van der Waals surface area (Å²) in [5, 5.41) is 0. The van der Waals surface area contributed by atoms with Crippen molar-refractivity contribution in [3.05, 3.63) is 29.8 Å². The molecule has 1 aromatic carbocycles. The molecule has 0 bridgehead atoms. The van der Waals surface area contributed by atoms with Crippen LogP contribution in [0.3, 0.4) is 0 Å². The average molecular weight is 325 g/mol. The van der Waals surface area contributed by atoms with Crippen LogP contribution in [0.15, 0.2) is 29.2 Å². The van der Waals surface area contributed by atoms with E-state index in [2.05, 4.69) is 11.8 Å². The lowest BCUT2D eigenvalue weighted by Crippen LogP contribution is -2.45. The Hall–Kier alpha value is -0.950. The SMILES string of the molecule is CC1CCN(Cc2ccc(S(=O)(=O)N(C)C)cc2)C(CN)C1. The molecule has 0 aliphatic carbocycles. The molecule has 2 atom stereocenters. The van der Waals surface area contributed by atoms with E-state index in [1.807, 2.05) is 12.1 Å². The van der Waals surface area contributed by atoms with Crippen LogP contribution < -0.4 is 5.73 Å². The van der Waals surface area contributed by atoms with Crippen LogP contribution in [0.4, 0.5) is 0 Å². The number of hydrogen-bond donors (Lipinski definition) is 1. The predicted molar refractivity (Wildman–Crippen MR) is 89.0 cm³/mol. The van der Waals surface area contributed by atoms with Crippen LogP contribution in [0, 0.1) is 5.92 Å². The van der Waals surface area contributed by atoms with Gasteiger partial charge >= 0.3 is 0 Å². The molecule has 1 aliphatic rings. The van der Waals surface area contributed by atoms with Crippen molar-refractivity contribution in [2.75, 3.05) is 27.2 Å². The molecule has 22 heavy (non-hydrogen) atoms. The maximum absolute atomic E-state index is 12.1. The van der Waals surface area contributed by atoms with E-state index in [0.717, 1.165) is 31.0 Å². The second-order valence-electron chi connectivity index (χ2n) is 6.42. The third-order valence-electron chi connectivity index (χ3n) is 4.46. The highest BCUT2D eigenvalue weighted by molar-refractivity contribution is 7.89. The van der Waals surface area contributed by atoms with Crippen LogP contribution in [0.1, 0.15) is 25.3 Å². The summed E-state index contributed by atoms with van der Waals surface area (Å²) in [6.45, 7) is 4.84. The Bertz CT molecular complexity index is 584. The summed E-state index contributed by atoms with van der Waals surface area (Å²) in [6.07, 6.45) is 2.34. The number of benzene rings is 1. The van der Waals surface area contributed by atoms with Gasteiger partial charge in [0, 0.05) is 33.2 Å². The lowest BCUT2D eigenvalue weighted by Gasteiger charge is -2.38. The standard InChI is InChI=1S/C16H27N3O2S/c1-13-8-9-19(15(10-13)11-17)12-14-4-6-16(7-5-14)22(20,21)18(2)3/h4-7,13,15H,8-12,17H2,1-3H3. The van der Waals surface area contributed by atoms with Gasteiger partial charge in [-0.25, -0.2) is 12.7 Å². The third kappa shape index (κ3) is 3.87. The fraction of sp³-hybridized carbons (Fsp3) is 0.625. The van der Waals surface area contributed by atoms with Gasteiger partial charge in [-0.1, -0.05) is 19.1 Å². The molecule has 0 aromatic heterocycles. The number of likely N-dealkylation sites (tertiary alicyclic amines) is 1. The quantitative estimate of drug-likeness (QED) is 0.891. The van der Waals surface area contributed by atoms with E-state index in [-0.39, 0.29) is 0 Å². The molecule has 0 spiro atoms. The fourth-order valence-electron chi connectivity index (χ4n) is 2.97. The molecule has 0 amide bonds. The van der Waals surface area contributed by atoms with Crippen molar-refractivity contribution in [3.8, 4) is 0 Å². The topological polar surface area (TPSA) is 66.6 Å². The maximum Gasteiger partial charge on any atom is 0.242 e. The molecule has 124 valence electrons. The normalized spacial score (nSPS) is 23.9. The van der Waals surface area contributed by atoms with Crippen molar-refractivity contribution in [1.82, 2.24) is 9.21 Å². The van der Waals surface area contributed by atoms with Crippen molar-refractivity contribution >= 4 is 10.0 Å². The highest BCUT2D eigenvalue weighted by atomic mass is 32.2. The molecular weight excluding hydrogens is 298 g/mol. The van der Waals surface area contributed by atoms with Crippen molar-refractivity contribution in [2.24, 2.45) is 11.7 Å². The van der Waals surface area contributed by atoms with Gasteiger partial charge in [0.05, 0.1) is 4.90 Å². The summed E-state index contributed by atoms with van der Waals surface area (Å²) >= 11 is 0. The van der Waals surface area contributed by atoms with Gasteiger partial charge in [-0.2, -0.15) is 0 Å². The van der Waals surface area contributed by atoms with E-state index < -0.39 is 10.0 Å². The molecule has 2 rings (SSSR count). The highest BCUT2D eigenvalue weighted by Crippen LogP contribution is 2.24. The number of hydrogen-bond acceptors (Lipinski definition) is 4. The van der Waals surface area contributed by atoms with Crippen molar-refractivity contribution in [1.29, 1.82) is 0 Å². The van der Waals surface area contributed by atoms with Gasteiger partial charge in [0.25, 0.3) is 0 Å². The summed E-state index contributed by atoms with van der Waals surface area (Å²) in [5.41, 5.74) is 7.03. The summed E-state index contributed by atoms with van der Waals surface area (Å²) in [7, 11) is -0.258. The second kappa shape index (κ2) is 7.08. The first kappa shape index (κ1) is 17.4. The van der Waals surface area contributed by atoms with Gasteiger partial charge < -0.3 is 5.73 Å². The Labute approximate surface area is 134 Å². The first-order valence-electron chi connectivity index (χ1n) is 7.80. The fourth-order valence-corrected chi connectivity index (χ4v) is 3.87. The maximum atomic E-state index is 12.1. The smallest absolute Gasteiger partial charge is 0.242 e. The molecule has 0 radical (unpaired) electrons. The molecule has 6 heteroatoms. The lowest BCUT2D eigenvalue weighted by atomic mass is 9.92. The van der Waals surface area contributed by atoms with Crippen molar-refractivity contribution in [3.63, 3.8) is 0 Å². The van der Waals surface area contributed by atoms with Crippen LogP contribution in [-0.2, 0) is 16.6 Å². The van der Waals surface area contributed by atoms with E-state index >= 15 is 0 Å². The minimum atomic E-state index is -3.35. The van der Waals surface area contributed by atoms with Crippen molar-refractivity contribution < 1.29 is 8.42 Å². The minimum absolute atomic E-state index is 0.337. The molecule has 2 N–H and O–H groups in total. The summed E-state index contributed by atoms with van der Waals surface area (Å²) in [4.78, 5) is 2.75. The van der Waals surface area contributed by atoms with Gasteiger partial charge in [0.15, 0.2) is 0 Å². The number of piperidine rings is 1. The molecule has 1 fully saturated rings. The average Bonchev–Trinajstić information content (AvgIpc) is 2.49. The highest BCUT2D eigenvalue weighted by Gasteiger charge is 2.25. The van der Waals surface area contributed by atoms with E-state index in [9.17, 15) is 8.42 Å². The van der Waals surface area contributed by atoms with Crippen LogP contribution in [0.2, 0.25) is 0 Å². The second-order valence-corrected chi connectivity index (χ2v) is 8.57. The molecule has 1 heterocycles. The minimum Gasteiger partial charge on any atom is -0.329 e. The molecule has 0 saturated carbocycles. The zero-order chi connectivity index (χ0) is 16.3. The molecule has 2 unspecified atom stereocenters. The van der Waals surface area contributed by atoms with Gasteiger partial charge in [0.1, 0.15) is 0 Å². The largest absolute Gasteiger partial charge is 0.329 e. The Balaban J connectivity index is 2.08. The molecule has 5 nitrogen and oxygen atoms in total. The summed E-state index contributed by atoms with van der Waals surface area (Å²) < 4.78 is 25.4. The zero-order valence-corrected chi connectivity index (χ0v) is 14.5. The number of nitrogens with zero attached hydrogens (tertiary/aromatic N) is 2. The van der Waals surface area contributed by atoms with Gasteiger partial charge in [0.2, 0.25) is 10.0 Å². The van der Waals surface area contributed by atoms with E-state index in [0.29, 0.717) is 17.5 Å². The number of sulfonamides is 1. The summed E-state index contributed by atoms with van der Waals surface area (Å²) in [5.74, 6) is 0.734. The van der Waals surface area contributed by atoms with Gasteiger partial charge in [-0.3, -0.25) is 4.90 Å². The molecule has 1 aliphatic heterocycles. The number of nitrogens with two attached hydrogens (primary N) is 1. The van der Waals surface area contributed by atoms with E-state index in [1.54, 1.807) is 26.2 Å². The first-order chi connectivity index (χ1) is 10.3.